The van der Waals surface area contributed by atoms with E-state index in [1.165, 1.54) is 0 Å². The van der Waals surface area contributed by atoms with Crippen LogP contribution in [0.3, 0.4) is 0 Å². The van der Waals surface area contributed by atoms with Gasteiger partial charge in [0.25, 0.3) is 0 Å². The summed E-state index contributed by atoms with van der Waals surface area (Å²) >= 11 is 0. The third-order valence-electron chi connectivity index (χ3n) is 3.30. The fourth-order valence-corrected chi connectivity index (χ4v) is 2.13. The van der Waals surface area contributed by atoms with Gasteiger partial charge in [-0.1, -0.05) is 18.2 Å². The number of carbonyl (C=O) groups excluding carboxylic acids is 1. The van der Waals surface area contributed by atoms with Gasteiger partial charge in [0.05, 0.1) is 6.61 Å². The summed E-state index contributed by atoms with van der Waals surface area (Å²) in [6, 6.07) is 6.14. The van der Waals surface area contributed by atoms with Gasteiger partial charge in [0.2, 0.25) is 0 Å². The van der Waals surface area contributed by atoms with Crippen LogP contribution in [0.1, 0.15) is 24.0 Å². The Balaban J connectivity index is 2.10. The molecule has 2 rings (SSSR count). The van der Waals surface area contributed by atoms with E-state index >= 15 is 0 Å². The lowest BCUT2D eigenvalue weighted by atomic mass is 10.1. The largest absolute Gasteiger partial charge is 0.395 e. The average Bonchev–Trinajstić information content (AvgIpc) is 3.15. The number of aryl methyl sites for hydroxylation is 2. The van der Waals surface area contributed by atoms with Crippen LogP contribution in [0.4, 0.5) is 10.5 Å². The molecule has 2 N–H and O–H groups in total. The van der Waals surface area contributed by atoms with Crippen LogP contribution in [-0.4, -0.2) is 35.2 Å². The minimum Gasteiger partial charge on any atom is -0.395 e. The highest BCUT2D eigenvalue weighted by atomic mass is 16.3. The molecule has 0 aliphatic heterocycles. The minimum atomic E-state index is -0.107. The molecule has 0 heterocycles. The van der Waals surface area contributed by atoms with E-state index in [1.807, 2.05) is 32.0 Å². The normalized spacial score (nSPS) is 14.4. The van der Waals surface area contributed by atoms with E-state index in [9.17, 15) is 4.79 Å². The van der Waals surface area contributed by atoms with Crippen molar-refractivity contribution in [2.75, 3.05) is 18.5 Å². The van der Waals surface area contributed by atoms with E-state index in [2.05, 4.69) is 5.32 Å². The first-order valence-electron chi connectivity index (χ1n) is 6.38. The van der Waals surface area contributed by atoms with Crippen molar-refractivity contribution >= 4 is 11.7 Å². The van der Waals surface area contributed by atoms with Crippen molar-refractivity contribution in [3.8, 4) is 0 Å². The molecule has 0 aromatic heterocycles. The number of aliphatic hydroxyl groups excluding tert-OH is 1. The molecule has 4 heteroatoms. The standard InChI is InChI=1S/C14H20N2O2/c1-10-4-3-5-11(2)13(10)15-14(18)16(8-9-17)12-6-7-12/h3-5,12,17H,6-9H2,1-2H3,(H,15,18). The monoisotopic (exact) mass is 248 g/mol. The summed E-state index contributed by atoms with van der Waals surface area (Å²) in [5.41, 5.74) is 3.00. The van der Waals surface area contributed by atoms with Crippen LogP contribution in [0.25, 0.3) is 0 Å². The number of urea groups is 1. The number of carbonyl (C=O) groups is 1. The van der Waals surface area contributed by atoms with Crippen LogP contribution in [0.15, 0.2) is 18.2 Å². The Morgan fingerprint density at radius 1 is 1.39 bits per heavy atom. The summed E-state index contributed by atoms with van der Waals surface area (Å²) in [5.74, 6) is 0. The van der Waals surface area contributed by atoms with Crippen molar-refractivity contribution in [2.24, 2.45) is 0 Å². The van der Waals surface area contributed by atoms with Gasteiger partial charge in [-0.05, 0) is 37.8 Å². The number of aliphatic hydroxyl groups is 1. The molecule has 1 aromatic rings. The molecule has 0 saturated heterocycles. The number of nitrogens with zero attached hydrogens (tertiary/aromatic N) is 1. The Hall–Kier alpha value is -1.55. The maximum atomic E-state index is 12.2. The summed E-state index contributed by atoms with van der Waals surface area (Å²) in [6.45, 7) is 4.38. The van der Waals surface area contributed by atoms with Crippen LogP contribution in [0.2, 0.25) is 0 Å². The lowest BCUT2D eigenvalue weighted by Crippen LogP contribution is -2.39. The van der Waals surface area contributed by atoms with Gasteiger partial charge in [-0.3, -0.25) is 0 Å². The van der Waals surface area contributed by atoms with Crippen LogP contribution in [0, 0.1) is 13.8 Å². The summed E-state index contributed by atoms with van der Waals surface area (Å²) in [6.07, 6.45) is 2.08. The highest BCUT2D eigenvalue weighted by molar-refractivity contribution is 5.91. The van der Waals surface area contributed by atoms with E-state index < -0.39 is 0 Å². The Bertz CT molecular complexity index is 421. The smallest absolute Gasteiger partial charge is 0.322 e. The molecule has 0 bridgehead atoms. The molecule has 0 atom stereocenters. The van der Waals surface area contributed by atoms with Crippen molar-refractivity contribution in [2.45, 2.75) is 32.7 Å². The van der Waals surface area contributed by atoms with Gasteiger partial charge in [-0.25, -0.2) is 4.79 Å². The zero-order valence-electron chi connectivity index (χ0n) is 10.9. The van der Waals surface area contributed by atoms with Gasteiger partial charge in [0.15, 0.2) is 0 Å². The molecular weight excluding hydrogens is 228 g/mol. The molecule has 1 saturated carbocycles. The molecule has 4 nitrogen and oxygen atoms in total. The first kappa shape index (κ1) is 12.9. The first-order valence-corrected chi connectivity index (χ1v) is 6.38. The molecule has 1 aliphatic rings. The zero-order chi connectivity index (χ0) is 13.1. The fraction of sp³-hybridized carbons (Fsp3) is 0.500. The molecule has 1 fully saturated rings. The third kappa shape index (κ3) is 2.82. The molecule has 18 heavy (non-hydrogen) atoms. The molecule has 1 aliphatic carbocycles. The van der Waals surface area contributed by atoms with Crippen molar-refractivity contribution in [1.29, 1.82) is 0 Å². The average molecular weight is 248 g/mol. The summed E-state index contributed by atoms with van der Waals surface area (Å²) in [4.78, 5) is 13.9. The second-order valence-corrected chi connectivity index (χ2v) is 4.85. The highest BCUT2D eigenvalue weighted by Crippen LogP contribution is 2.28. The molecule has 1 aromatic carbocycles. The number of hydrogen-bond donors (Lipinski definition) is 2. The highest BCUT2D eigenvalue weighted by Gasteiger charge is 2.32. The number of anilines is 1. The maximum absolute atomic E-state index is 12.2. The van der Waals surface area contributed by atoms with E-state index in [1.54, 1.807) is 4.90 Å². The second-order valence-electron chi connectivity index (χ2n) is 4.85. The lowest BCUT2D eigenvalue weighted by Gasteiger charge is -2.23. The van der Waals surface area contributed by atoms with Crippen LogP contribution >= 0.6 is 0 Å². The van der Waals surface area contributed by atoms with Gasteiger partial charge in [0, 0.05) is 18.3 Å². The number of para-hydroxylation sites is 1. The molecule has 0 radical (unpaired) electrons. The van der Waals surface area contributed by atoms with E-state index in [-0.39, 0.29) is 12.6 Å². The van der Waals surface area contributed by atoms with Crippen molar-refractivity contribution in [3.05, 3.63) is 29.3 Å². The van der Waals surface area contributed by atoms with Crippen molar-refractivity contribution in [1.82, 2.24) is 4.90 Å². The van der Waals surface area contributed by atoms with Gasteiger partial charge in [-0.2, -0.15) is 0 Å². The Morgan fingerprint density at radius 2 is 2.00 bits per heavy atom. The van der Waals surface area contributed by atoms with E-state index in [4.69, 9.17) is 5.11 Å². The summed E-state index contributed by atoms with van der Waals surface area (Å²) < 4.78 is 0. The van der Waals surface area contributed by atoms with E-state index in [0.29, 0.717) is 12.6 Å². The first-order chi connectivity index (χ1) is 8.63. The number of amides is 2. The van der Waals surface area contributed by atoms with Gasteiger partial charge < -0.3 is 15.3 Å². The second kappa shape index (κ2) is 5.40. The van der Waals surface area contributed by atoms with Crippen molar-refractivity contribution < 1.29 is 9.90 Å². The number of nitrogens with one attached hydrogen (secondary N) is 1. The van der Waals surface area contributed by atoms with Crippen LogP contribution < -0.4 is 5.32 Å². The quantitative estimate of drug-likeness (QED) is 0.859. The summed E-state index contributed by atoms with van der Waals surface area (Å²) in [5, 5.41) is 12.0. The minimum absolute atomic E-state index is 0.0106. The Morgan fingerprint density at radius 3 is 2.50 bits per heavy atom. The topological polar surface area (TPSA) is 52.6 Å². The predicted octanol–water partition coefficient (Wildman–Crippen LogP) is 2.29. The number of hydrogen-bond acceptors (Lipinski definition) is 2. The third-order valence-corrected chi connectivity index (χ3v) is 3.30. The fourth-order valence-electron chi connectivity index (χ4n) is 2.13. The molecule has 98 valence electrons. The predicted molar refractivity (Wildman–Crippen MR) is 71.7 cm³/mol. The van der Waals surface area contributed by atoms with Gasteiger partial charge in [0.1, 0.15) is 0 Å². The Kier molecular flexibility index (Phi) is 3.87. The molecule has 2 amide bonds. The Labute approximate surface area is 108 Å². The lowest BCUT2D eigenvalue weighted by molar-refractivity contribution is 0.185. The number of benzene rings is 1. The summed E-state index contributed by atoms with van der Waals surface area (Å²) in [7, 11) is 0. The zero-order valence-corrected chi connectivity index (χ0v) is 10.9. The van der Waals surface area contributed by atoms with Gasteiger partial charge >= 0.3 is 6.03 Å². The van der Waals surface area contributed by atoms with Crippen LogP contribution in [-0.2, 0) is 0 Å². The van der Waals surface area contributed by atoms with E-state index in [0.717, 1.165) is 29.7 Å². The number of rotatable bonds is 4. The van der Waals surface area contributed by atoms with Crippen molar-refractivity contribution in [3.63, 3.8) is 0 Å². The van der Waals surface area contributed by atoms with Crippen LogP contribution in [0.5, 0.6) is 0 Å². The molecular formula is C14H20N2O2. The molecule has 0 spiro atoms. The van der Waals surface area contributed by atoms with Gasteiger partial charge in [-0.15, -0.1) is 0 Å². The maximum Gasteiger partial charge on any atom is 0.322 e. The molecule has 0 unspecified atom stereocenters. The SMILES string of the molecule is Cc1cccc(C)c1NC(=O)N(CCO)C1CC1.